The highest BCUT2D eigenvalue weighted by molar-refractivity contribution is 9.10. The molecule has 0 radical (unpaired) electrons. The molecule has 1 amide bonds. The number of hydrogen-bond donors (Lipinski definition) is 1. The minimum absolute atomic E-state index is 0.0109. The Morgan fingerprint density at radius 3 is 3.00 bits per heavy atom. The molecule has 0 spiro atoms. The van der Waals surface area contributed by atoms with Gasteiger partial charge in [0.25, 0.3) is 5.91 Å². The molecule has 5 heteroatoms. The lowest BCUT2D eigenvalue weighted by molar-refractivity contribution is 0.0572. The summed E-state index contributed by atoms with van der Waals surface area (Å²) >= 11 is 9.39. The summed E-state index contributed by atoms with van der Waals surface area (Å²) in [7, 11) is 0. The van der Waals surface area contributed by atoms with E-state index in [-0.39, 0.29) is 11.9 Å². The smallest absolute Gasteiger partial charge is 0.255 e. The van der Waals surface area contributed by atoms with Gasteiger partial charge in [-0.15, -0.1) is 0 Å². The number of nitrogens with two attached hydrogens (primary N) is 1. The Bertz CT molecular complexity index is 481. The standard InChI is InChI=1S/C14H18BrClN2O/c1-9-4-5-18(11(6-9)8-17)14(19)12-7-10(16)2-3-13(12)15/h2-3,7,9,11H,4-6,8,17H2,1H3. The minimum Gasteiger partial charge on any atom is -0.334 e. The monoisotopic (exact) mass is 344 g/mol. The lowest BCUT2D eigenvalue weighted by Crippen LogP contribution is -2.49. The SMILES string of the molecule is CC1CCN(C(=O)c2cc(Cl)ccc2Br)C(CN)C1. The van der Waals surface area contributed by atoms with E-state index in [1.165, 1.54) is 0 Å². The second kappa shape index (κ2) is 6.25. The van der Waals surface area contributed by atoms with E-state index in [9.17, 15) is 4.79 Å². The van der Waals surface area contributed by atoms with Crippen LogP contribution < -0.4 is 5.73 Å². The number of nitrogens with zero attached hydrogens (tertiary/aromatic N) is 1. The second-order valence-electron chi connectivity index (χ2n) is 5.14. The van der Waals surface area contributed by atoms with Gasteiger partial charge in [-0.05, 0) is 52.9 Å². The van der Waals surface area contributed by atoms with Crippen LogP contribution in [-0.2, 0) is 0 Å². The van der Waals surface area contributed by atoms with Crippen LogP contribution in [0.3, 0.4) is 0 Å². The molecule has 19 heavy (non-hydrogen) atoms. The normalized spacial score (nSPS) is 23.5. The maximum Gasteiger partial charge on any atom is 0.255 e. The molecule has 1 aliphatic heterocycles. The van der Waals surface area contributed by atoms with Gasteiger partial charge < -0.3 is 10.6 Å². The Morgan fingerprint density at radius 2 is 2.32 bits per heavy atom. The van der Waals surface area contributed by atoms with Crippen molar-refractivity contribution in [3.05, 3.63) is 33.3 Å². The second-order valence-corrected chi connectivity index (χ2v) is 6.43. The third-order valence-electron chi connectivity index (χ3n) is 3.67. The van der Waals surface area contributed by atoms with Crippen molar-refractivity contribution in [2.75, 3.05) is 13.1 Å². The van der Waals surface area contributed by atoms with E-state index in [1.807, 2.05) is 4.90 Å². The summed E-state index contributed by atoms with van der Waals surface area (Å²) in [6, 6.07) is 5.41. The van der Waals surface area contributed by atoms with Crippen molar-refractivity contribution in [1.29, 1.82) is 0 Å². The van der Waals surface area contributed by atoms with Crippen molar-refractivity contribution < 1.29 is 4.79 Å². The summed E-state index contributed by atoms with van der Waals surface area (Å²) in [6.07, 6.45) is 2.00. The van der Waals surface area contributed by atoms with Gasteiger partial charge in [-0.3, -0.25) is 4.79 Å². The highest BCUT2D eigenvalue weighted by Crippen LogP contribution is 2.27. The highest BCUT2D eigenvalue weighted by Gasteiger charge is 2.30. The number of hydrogen-bond acceptors (Lipinski definition) is 2. The zero-order chi connectivity index (χ0) is 14.0. The van der Waals surface area contributed by atoms with E-state index >= 15 is 0 Å². The van der Waals surface area contributed by atoms with Gasteiger partial charge in [-0.25, -0.2) is 0 Å². The van der Waals surface area contributed by atoms with E-state index in [2.05, 4.69) is 22.9 Å². The maximum absolute atomic E-state index is 12.6. The first-order chi connectivity index (χ1) is 9.02. The van der Waals surface area contributed by atoms with Gasteiger partial charge in [-0.1, -0.05) is 18.5 Å². The van der Waals surface area contributed by atoms with E-state index in [1.54, 1.807) is 18.2 Å². The van der Waals surface area contributed by atoms with Crippen LogP contribution in [0.1, 0.15) is 30.1 Å². The number of carbonyl (C=O) groups is 1. The Hall–Kier alpha value is -0.580. The molecule has 2 N–H and O–H groups in total. The number of rotatable bonds is 2. The summed E-state index contributed by atoms with van der Waals surface area (Å²) in [4.78, 5) is 14.5. The Morgan fingerprint density at radius 1 is 1.58 bits per heavy atom. The molecule has 0 bridgehead atoms. The van der Waals surface area contributed by atoms with Crippen molar-refractivity contribution in [2.24, 2.45) is 11.7 Å². The van der Waals surface area contributed by atoms with Crippen molar-refractivity contribution in [2.45, 2.75) is 25.8 Å². The zero-order valence-corrected chi connectivity index (χ0v) is 13.2. The Balaban J connectivity index is 2.25. The lowest BCUT2D eigenvalue weighted by Gasteiger charge is -2.38. The van der Waals surface area contributed by atoms with Gasteiger partial charge in [-0.2, -0.15) is 0 Å². The molecule has 1 heterocycles. The molecule has 1 aromatic rings. The average molecular weight is 346 g/mol. The topological polar surface area (TPSA) is 46.3 Å². The van der Waals surface area contributed by atoms with Gasteiger partial charge in [0.2, 0.25) is 0 Å². The Kier molecular flexibility index (Phi) is 4.87. The molecule has 3 nitrogen and oxygen atoms in total. The highest BCUT2D eigenvalue weighted by atomic mass is 79.9. The molecule has 1 fully saturated rings. The van der Waals surface area contributed by atoms with Crippen LogP contribution in [0.5, 0.6) is 0 Å². The third kappa shape index (κ3) is 3.30. The molecule has 2 rings (SSSR count). The first-order valence-electron chi connectivity index (χ1n) is 6.49. The van der Waals surface area contributed by atoms with Crippen LogP contribution in [0.15, 0.2) is 22.7 Å². The molecular formula is C14H18BrClN2O. The van der Waals surface area contributed by atoms with E-state index in [0.717, 1.165) is 23.9 Å². The summed E-state index contributed by atoms with van der Waals surface area (Å²) < 4.78 is 0.774. The van der Waals surface area contributed by atoms with Crippen LogP contribution in [0.4, 0.5) is 0 Å². The molecule has 104 valence electrons. The summed E-state index contributed by atoms with van der Waals surface area (Å²) in [5.41, 5.74) is 6.42. The molecule has 2 atom stereocenters. The van der Waals surface area contributed by atoms with Gasteiger partial charge >= 0.3 is 0 Å². The van der Waals surface area contributed by atoms with Gasteiger partial charge in [0.15, 0.2) is 0 Å². The van der Waals surface area contributed by atoms with Crippen LogP contribution >= 0.6 is 27.5 Å². The van der Waals surface area contributed by atoms with E-state index in [4.69, 9.17) is 17.3 Å². The Labute approximate surface area is 127 Å². The van der Waals surface area contributed by atoms with Crippen molar-refractivity contribution in [1.82, 2.24) is 4.90 Å². The van der Waals surface area contributed by atoms with Gasteiger partial charge in [0.05, 0.1) is 5.56 Å². The number of benzene rings is 1. The number of likely N-dealkylation sites (tertiary alicyclic amines) is 1. The van der Waals surface area contributed by atoms with Gasteiger partial charge in [0.1, 0.15) is 0 Å². The molecule has 1 saturated heterocycles. The number of carbonyl (C=O) groups excluding carboxylic acids is 1. The van der Waals surface area contributed by atoms with Crippen molar-refractivity contribution in [3.63, 3.8) is 0 Å². The number of piperidine rings is 1. The van der Waals surface area contributed by atoms with Crippen LogP contribution in [-0.4, -0.2) is 29.9 Å². The first kappa shape index (κ1) is 14.8. The minimum atomic E-state index is 0.0109. The fourth-order valence-electron chi connectivity index (χ4n) is 2.56. The van der Waals surface area contributed by atoms with E-state index < -0.39 is 0 Å². The lowest BCUT2D eigenvalue weighted by atomic mass is 9.92. The molecule has 1 aliphatic rings. The molecule has 2 unspecified atom stereocenters. The molecule has 0 saturated carbocycles. The molecule has 0 aromatic heterocycles. The number of amides is 1. The largest absolute Gasteiger partial charge is 0.334 e. The number of halogens is 2. The van der Waals surface area contributed by atoms with Crippen LogP contribution in [0, 0.1) is 5.92 Å². The summed E-state index contributed by atoms with van der Waals surface area (Å²) in [5, 5.41) is 0.571. The van der Waals surface area contributed by atoms with E-state index in [0.29, 0.717) is 23.0 Å². The predicted molar refractivity (Wildman–Crippen MR) is 81.4 cm³/mol. The van der Waals surface area contributed by atoms with Crippen molar-refractivity contribution in [3.8, 4) is 0 Å². The fourth-order valence-corrected chi connectivity index (χ4v) is 3.15. The van der Waals surface area contributed by atoms with Crippen LogP contribution in [0.2, 0.25) is 5.02 Å². The van der Waals surface area contributed by atoms with Crippen molar-refractivity contribution >= 4 is 33.4 Å². The predicted octanol–water partition coefficient (Wildman–Crippen LogP) is 3.30. The van der Waals surface area contributed by atoms with Crippen LogP contribution in [0.25, 0.3) is 0 Å². The quantitative estimate of drug-likeness (QED) is 0.894. The first-order valence-corrected chi connectivity index (χ1v) is 7.66. The molecule has 1 aromatic carbocycles. The zero-order valence-electron chi connectivity index (χ0n) is 10.9. The molecule has 0 aliphatic carbocycles. The average Bonchev–Trinajstić information content (AvgIpc) is 2.40. The fraction of sp³-hybridized carbons (Fsp3) is 0.500. The molecular weight excluding hydrogens is 328 g/mol. The summed E-state index contributed by atoms with van der Waals surface area (Å²) in [5.74, 6) is 0.636. The summed E-state index contributed by atoms with van der Waals surface area (Å²) in [6.45, 7) is 3.48. The third-order valence-corrected chi connectivity index (χ3v) is 4.60. The van der Waals surface area contributed by atoms with Gasteiger partial charge in [0, 0.05) is 28.6 Å². The maximum atomic E-state index is 12.6.